The van der Waals surface area contributed by atoms with Crippen molar-refractivity contribution in [2.75, 3.05) is 31.6 Å². The number of rotatable bonds is 3. The standard InChI is InChI=1S/C26H30ClN7O/c1-31-12-4-5-22(31)26(35)33-16-19-15-20(27)7-8-21(19)34-24(17-33)29-30-25(34)18-9-13-32(14-10-18)23-6-2-3-11-28-23/h2-3,6-8,11,15,18,22H,4-5,9-10,12-14,16-17H2,1H3/t22-/m0/s1. The number of amides is 1. The van der Waals surface area contributed by atoms with Gasteiger partial charge in [0, 0.05) is 36.8 Å². The van der Waals surface area contributed by atoms with Crippen LogP contribution in [0.4, 0.5) is 5.82 Å². The minimum Gasteiger partial charge on any atom is -0.357 e. The summed E-state index contributed by atoms with van der Waals surface area (Å²) in [5.74, 6) is 3.29. The van der Waals surface area contributed by atoms with E-state index in [2.05, 4.69) is 35.6 Å². The van der Waals surface area contributed by atoms with E-state index in [1.807, 2.05) is 48.5 Å². The summed E-state index contributed by atoms with van der Waals surface area (Å²) in [6.45, 7) is 3.80. The fourth-order valence-corrected chi connectivity index (χ4v) is 5.98. The number of anilines is 1. The van der Waals surface area contributed by atoms with Gasteiger partial charge in [0.2, 0.25) is 5.91 Å². The van der Waals surface area contributed by atoms with Crippen LogP contribution >= 0.6 is 11.6 Å². The molecule has 1 aromatic carbocycles. The number of fused-ring (bicyclic) bond motifs is 3. The van der Waals surface area contributed by atoms with Crippen LogP contribution in [0.1, 0.15) is 48.8 Å². The summed E-state index contributed by atoms with van der Waals surface area (Å²) in [5, 5.41) is 9.98. The van der Waals surface area contributed by atoms with E-state index < -0.39 is 0 Å². The second-order valence-corrected chi connectivity index (χ2v) is 10.3. The molecular weight excluding hydrogens is 462 g/mol. The summed E-state index contributed by atoms with van der Waals surface area (Å²) in [7, 11) is 2.04. The number of halogens is 1. The van der Waals surface area contributed by atoms with Gasteiger partial charge in [0.15, 0.2) is 5.82 Å². The number of benzene rings is 1. The third kappa shape index (κ3) is 4.19. The van der Waals surface area contributed by atoms with Crippen LogP contribution in [-0.4, -0.2) is 68.2 Å². The van der Waals surface area contributed by atoms with Gasteiger partial charge in [0.25, 0.3) is 0 Å². The molecule has 9 heteroatoms. The number of hydrogen-bond acceptors (Lipinski definition) is 6. The van der Waals surface area contributed by atoms with Gasteiger partial charge in [-0.1, -0.05) is 17.7 Å². The average molecular weight is 492 g/mol. The second-order valence-electron chi connectivity index (χ2n) is 9.87. The number of nitrogens with zero attached hydrogens (tertiary/aromatic N) is 7. The van der Waals surface area contributed by atoms with Crippen LogP contribution in [0.15, 0.2) is 42.6 Å². The van der Waals surface area contributed by atoms with Crippen LogP contribution in [0, 0.1) is 0 Å². The Morgan fingerprint density at radius 3 is 2.63 bits per heavy atom. The molecule has 6 rings (SSSR count). The first-order valence-electron chi connectivity index (χ1n) is 12.5. The van der Waals surface area contributed by atoms with Crippen molar-refractivity contribution in [3.8, 4) is 5.69 Å². The summed E-state index contributed by atoms with van der Waals surface area (Å²) < 4.78 is 2.19. The van der Waals surface area contributed by atoms with Gasteiger partial charge in [-0.15, -0.1) is 10.2 Å². The SMILES string of the molecule is CN1CCC[C@H]1C(=O)N1Cc2cc(Cl)ccc2-n2c(nnc2C2CCN(c3ccccn3)CC2)C1. The molecule has 1 atom stereocenters. The van der Waals surface area contributed by atoms with Gasteiger partial charge in [0.05, 0.1) is 18.3 Å². The predicted octanol–water partition coefficient (Wildman–Crippen LogP) is 3.64. The molecule has 5 heterocycles. The van der Waals surface area contributed by atoms with Gasteiger partial charge < -0.3 is 9.80 Å². The molecular formula is C26H30ClN7O. The number of carbonyl (C=O) groups excluding carboxylic acids is 1. The van der Waals surface area contributed by atoms with Crippen molar-refractivity contribution in [2.24, 2.45) is 0 Å². The number of likely N-dealkylation sites (tertiary alicyclic amines) is 1. The number of likely N-dealkylation sites (N-methyl/N-ethyl adjacent to an activating group) is 1. The maximum Gasteiger partial charge on any atom is 0.240 e. The molecule has 1 amide bonds. The first kappa shape index (κ1) is 22.5. The first-order valence-corrected chi connectivity index (χ1v) is 12.8. The number of carbonyl (C=O) groups is 1. The number of piperidine rings is 1. The summed E-state index contributed by atoms with van der Waals surface area (Å²) in [5.41, 5.74) is 2.07. The summed E-state index contributed by atoms with van der Waals surface area (Å²) >= 11 is 6.41. The normalized spacial score (nSPS) is 21.0. The van der Waals surface area contributed by atoms with Crippen LogP contribution in [0.25, 0.3) is 5.69 Å². The van der Waals surface area contributed by atoms with Gasteiger partial charge in [-0.3, -0.25) is 14.3 Å². The average Bonchev–Trinajstić information content (AvgIpc) is 3.46. The number of aromatic nitrogens is 4. The highest BCUT2D eigenvalue weighted by molar-refractivity contribution is 6.30. The molecule has 3 aromatic rings. The van der Waals surface area contributed by atoms with E-state index in [9.17, 15) is 4.79 Å². The van der Waals surface area contributed by atoms with Gasteiger partial charge in [-0.2, -0.15) is 0 Å². The molecule has 0 bridgehead atoms. The highest BCUT2D eigenvalue weighted by Gasteiger charge is 2.35. The zero-order valence-electron chi connectivity index (χ0n) is 20.0. The maximum absolute atomic E-state index is 13.5. The minimum absolute atomic E-state index is 0.0671. The topological polar surface area (TPSA) is 70.4 Å². The van der Waals surface area contributed by atoms with Crippen molar-refractivity contribution >= 4 is 23.3 Å². The Morgan fingerprint density at radius 1 is 1.03 bits per heavy atom. The van der Waals surface area contributed by atoms with E-state index in [1.54, 1.807) is 0 Å². The van der Waals surface area contributed by atoms with Crippen molar-refractivity contribution < 1.29 is 4.79 Å². The van der Waals surface area contributed by atoms with Crippen LogP contribution in [0.3, 0.4) is 0 Å². The third-order valence-electron chi connectivity index (χ3n) is 7.68. The van der Waals surface area contributed by atoms with Gasteiger partial charge in [-0.05, 0) is 75.2 Å². The molecule has 3 aliphatic rings. The second kappa shape index (κ2) is 9.24. The lowest BCUT2D eigenvalue weighted by Crippen LogP contribution is -2.43. The number of hydrogen-bond donors (Lipinski definition) is 0. The minimum atomic E-state index is -0.0671. The Labute approximate surface area is 210 Å². The van der Waals surface area contributed by atoms with E-state index >= 15 is 0 Å². The Balaban J connectivity index is 1.31. The fraction of sp³-hybridized carbons (Fsp3) is 0.462. The highest BCUT2D eigenvalue weighted by atomic mass is 35.5. The van der Waals surface area contributed by atoms with E-state index in [-0.39, 0.29) is 11.9 Å². The van der Waals surface area contributed by atoms with Crippen molar-refractivity contribution in [2.45, 2.75) is 50.7 Å². The van der Waals surface area contributed by atoms with E-state index in [0.29, 0.717) is 24.0 Å². The molecule has 8 nitrogen and oxygen atoms in total. The molecule has 0 unspecified atom stereocenters. The molecule has 0 spiro atoms. The summed E-state index contributed by atoms with van der Waals surface area (Å²) in [6.07, 6.45) is 5.76. The predicted molar refractivity (Wildman–Crippen MR) is 135 cm³/mol. The zero-order chi connectivity index (χ0) is 23.9. The third-order valence-corrected chi connectivity index (χ3v) is 7.92. The monoisotopic (exact) mass is 491 g/mol. The molecule has 0 saturated carbocycles. The van der Waals surface area contributed by atoms with Crippen molar-refractivity contribution in [1.29, 1.82) is 0 Å². The zero-order valence-corrected chi connectivity index (χ0v) is 20.7. The fourth-order valence-electron chi connectivity index (χ4n) is 5.79. The summed E-state index contributed by atoms with van der Waals surface area (Å²) in [6, 6.07) is 11.9. The molecule has 0 aliphatic carbocycles. The van der Waals surface area contributed by atoms with E-state index in [4.69, 9.17) is 11.6 Å². The first-order chi connectivity index (χ1) is 17.1. The molecule has 35 heavy (non-hydrogen) atoms. The van der Waals surface area contributed by atoms with Crippen LogP contribution in [-0.2, 0) is 17.9 Å². The quantitative estimate of drug-likeness (QED) is 0.557. The molecule has 0 N–H and O–H groups in total. The molecule has 2 fully saturated rings. The smallest absolute Gasteiger partial charge is 0.240 e. The van der Waals surface area contributed by atoms with Crippen LogP contribution in [0.5, 0.6) is 0 Å². The van der Waals surface area contributed by atoms with Crippen molar-refractivity contribution in [3.05, 3.63) is 64.8 Å². The molecule has 182 valence electrons. The largest absolute Gasteiger partial charge is 0.357 e. The highest BCUT2D eigenvalue weighted by Crippen LogP contribution is 2.34. The van der Waals surface area contributed by atoms with Crippen LogP contribution < -0.4 is 4.90 Å². The Kier molecular flexibility index (Phi) is 5.94. The van der Waals surface area contributed by atoms with Crippen molar-refractivity contribution in [1.82, 2.24) is 29.5 Å². The summed E-state index contributed by atoms with van der Waals surface area (Å²) in [4.78, 5) is 24.5. The number of pyridine rings is 1. The van der Waals surface area contributed by atoms with Gasteiger partial charge >= 0.3 is 0 Å². The lowest BCUT2D eigenvalue weighted by molar-refractivity contribution is -0.136. The van der Waals surface area contributed by atoms with Gasteiger partial charge in [0.1, 0.15) is 11.6 Å². The maximum atomic E-state index is 13.5. The van der Waals surface area contributed by atoms with Gasteiger partial charge in [-0.25, -0.2) is 4.98 Å². The molecule has 3 aliphatic heterocycles. The molecule has 0 radical (unpaired) electrons. The lowest BCUT2D eigenvalue weighted by atomic mass is 9.95. The van der Waals surface area contributed by atoms with E-state index in [0.717, 1.165) is 74.0 Å². The van der Waals surface area contributed by atoms with E-state index in [1.165, 1.54) is 0 Å². The Hall–Kier alpha value is -2.97. The Bertz CT molecular complexity index is 1220. The molecule has 2 saturated heterocycles. The lowest BCUT2D eigenvalue weighted by Gasteiger charge is -2.32. The van der Waals surface area contributed by atoms with Crippen LogP contribution in [0.2, 0.25) is 5.02 Å². The molecule has 2 aromatic heterocycles. The van der Waals surface area contributed by atoms with Crippen molar-refractivity contribution in [3.63, 3.8) is 0 Å². The Morgan fingerprint density at radius 2 is 1.89 bits per heavy atom.